The summed E-state index contributed by atoms with van der Waals surface area (Å²) in [4.78, 5) is 12.4. The number of ketones is 1. The topological polar surface area (TPSA) is 37.3 Å². The van der Waals surface area contributed by atoms with Crippen molar-refractivity contribution in [2.24, 2.45) is 16.7 Å². The number of carbonyl (C=O) groups is 1. The second-order valence-corrected chi connectivity index (χ2v) is 6.95. The van der Waals surface area contributed by atoms with E-state index in [1.54, 1.807) is 0 Å². The van der Waals surface area contributed by atoms with E-state index in [4.69, 9.17) is 0 Å². The zero-order valence-electron chi connectivity index (χ0n) is 12.2. The third-order valence-corrected chi connectivity index (χ3v) is 5.87. The summed E-state index contributed by atoms with van der Waals surface area (Å²) in [6.07, 6.45) is 7.77. The molecule has 0 spiro atoms. The maximum absolute atomic E-state index is 12.4. The molecule has 0 saturated heterocycles. The van der Waals surface area contributed by atoms with Gasteiger partial charge in [-0.15, -0.1) is 0 Å². The van der Waals surface area contributed by atoms with Gasteiger partial charge in [0, 0.05) is 11.8 Å². The third-order valence-electron chi connectivity index (χ3n) is 5.87. The van der Waals surface area contributed by atoms with Crippen LogP contribution in [0.15, 0.2) is 0 Å². The molecule has 104 valence electrons. The maximum atomic E-state index is 12.4. The van der Waals surface area contributed by atoms with E-state index in [1.165, 1.54) is 0 Å². The third kappa shape index (κ3) is 2.03. The van der Waals surface area contributed by atoms with Crippen molar-refractivity contribution in [3.63, 3.8) is 0 Å². The molecular weight excluding hydrogens is 224 g/mol. The molecule has 0 aliphatic heterocycles. The Morgan fingerprint density at radius 1 is 1.33 bits per heavy atom. The molecule has 0 bridgehead atoms. The fourth-order valence-electron chi connectivity index (χ4n) is 4.51. The minimum Gasteiger partial charge on any atom is -0.393 e. The van der Waals surface area contributed by atoms with Crippen LogP contribution in [0.4, 0.5) is 0 Å². The van der Waals surface area contributed by atoms with Crippen LogP contribution in [0.25, 0.3) is 0 Å². The number of rotatable bonds is 3. The molecule has 0 aromatic carbocycles. The van der Waals surface area contributed by atoms with E-state index in [0.717, 1.165) is 44.9 Å². The highest BCUT2D eigenvalue weighted by Crippen LogP contribution is 2.57. The number of Topliss-reactive ketones (excluding diaryl/α,β-unsaturated/α-hetero) is 1. The maximum Gasteiger partial charge on any atom is 0.139 e. The van der Waals surface area contributed by atoms with Gasteiger partial charge in [-0.2, -0.15) is 0 Å². The van der Waals surface area contributed by atoms with Crippen molar-refractivity contribution >= 4 is 5.78 Å². The van der Waals surface area contributed by atoms with Crippen LogP contribution >= 0.6 is 0 Å². The number of unbranched alkanes of at least 4 members (excludes halogenated alkanes) is 1. The van der Waals surface area contributed by atoms with Crippen LogP contribution in [-0.2, 0) is 4.79 Å². The molecule has 1 N–H and O–H groups in total. The molecule has 2 rings (SSSR count). The van der Waals surface area contributed by atoms with Crippen LogP contribution in [0, 0.1) is 16.7 Å². The first-order valence-electron chi connectivity index (χ1n) is 7.66. The monoisotopic (exact) mass is 252 g/mol. The number of fused-ring (bicyclic) bond motifs is 1. The van der Waals surface area contributed by atoms with Gasteiger partial charge in [0.2, 0.25) is 0 Å². The van der Waals surface area contributed by atoms with Gasteiger partial charge in [-0.1, -0.05) is 40.0 Å². The first-order chi connectivity index (χ1) is 8.45. The molecule has 0 aromatic rings. The summed E-state index contributed by atoms with van der Waals surface area (Å²) in [5.41, 5.74) is -0.195. The molecule has 0 amide bonds. The standard InChI is InChI=1S/C16H28O2/c1-4-5-10-15(2)12-7-6-8-13(17)16(12,3)11-9-14(15)18/h12-13,17H,4-11H2,1-3H3/t12?,13-,15?,16-/m0/s1. The molecule has 0 heterocycles. The Morgan fingerprint density at radius 3 is 2.72 bits per heavy atom. The van der Waals surface area contributed by atoms with Gasteiger partial charge in [0.15, 0.2) is 0 Å². The predicted molar refractivity (Wildman–Crippen MR) is 73.3 cm³/mol. The lowest BCUT2D eigenvalue weighted by Crippen LogP contribution is -2.55. The van der Waals surface area contributed by atoms with Crippen LogP contribution in [0.3, 0.4) is 0 Å². The van der Waals surface area contributed by atoms with Crippen molar-refractivity contribution in [2.75, 3.05) is 0 Å². The second-order valence-electron chi connectivity index (χ2n) is 6.95. The van der Waals surface area contributed by atoms with Crippen molar-refractivity contribution in [1.29, 1.82) is 0 Å². The normalized spacial score (nSPS) is 44.8. The number of hydrogen-bond donors (Lipinski definition) is 1. The van der Waals surface area contributed by atoms with E-state index in [-0.39, 0.29) is 16.9 Å². The largest absolute Gasteiger partial charge is 0.393 e. The minimum absolute atomic E-state index is 0.0192. The SMILES string of the molecule is CCCCC1(C)C(=O)CC[C@@]2(C)C1CCC[C@@H]2O. The van der Waals surface area contributed by atoms with Gasteiger partial charge in [0.1, 0.15) is 5.78 Å². The Bertz CT molecular complexity index is 325. The van der Waals surface area contributed by atoms with Crippen LogP contribution in [-0.4, -0.2) is 17.0 Å². The van der Waals surface area contributed by atoms with Crippen molar-refractivity contribution in [3.05, 3.63) is 0 Å². The van der Waals surface area contributed by atoms with E-state index in [0.29, 0.717) is 18.1 Å². The quantitative estimate of drug-likeness (QED) is 0.831. The van der Waals surface area contributed by atoms with Gasteiger partial charge in [0.25, 0.3) is 0 Å². The Kier molecular flexibility index (Phi) is 3.87. The fraction of sp³-hybridized carbons (Fsp3) is 0.938. The zero-order valence-corrected chi connectivity index (χ0v) is 12.2. The lowest BCUT2D eigenvalue weighted by atomic mass is 9.49. The summed E-state index contributed by atoms with van der Waals surface area (Å²) in [5.74, 6) is 0.842. The second kappa shape index (κ2) is 4.96. The van der Waals surface area contributed by atoms with Gasteiger partial charge in [-0.3, -0.25) is 4.79 Å². The molecule has 2 heteroatoms. The van der Waals surface area contributed by atoms with Gasteiger partial charge in [-0.05, 0) is 37.0 Å². The first kappa shape index (κ1) is 14.0. The van der Waals surface area contributed by atoms with Crippen LogP contribution < -0.4 is 0 Å². The van der Waals surface area contributed by atoms with Crippen molar-refractivity contribution in [1.82, 2.24) is 0 Å². The number of aliphatic hydroxyl groups is 1. The van der Waals surface area contributed by atoms with Crippen LogP contribution in [0.5, 0.6) is 0 Å². The predicted octanol–water partition coefficient (Wildman–Crippen LogP) is 3.71. The Labute approximate surface area is 111 Å². The number of aliphatic hydroxyl groups excluding tert-OH is 1. The average molecular weight is 252 g/mol. The summed E-state index contributed by atoms with van der Waals surface area (Å²) >= 11 is 0. The Balaban J connectivity index is 2.28. The van der Waals surface area contributed by atoms with E-state index < -0.39 is 0 Å². The first-order valence-corrected chi connectivity index (χ1v) is 7.66. The van der Waals surface area contributed by atoms with Crippen molar-refractivity contribution in [3.8, 4) is 0 Å². The molecule has 0 aromatic heterocycles. The Hall–Kier alpha value is -0.370. The molecule has 4 atom stereocenters. The molecular formula is C16H28O2. The van der Waals surface area contributed by atoms with Crippen LogP contribution in [0.2, 0.25) is 0 Å². The summed E-state index contributed by atoms with van der Waals surface area (Å²) < 4.78 is 0. The van der Waals surface area contributed by atoms with E-state index in [9.17, 15) is 9.90 Å². The molecule has 2 saturated carbocycles. The summed E-state index contributed by atoms with van der Waals surface area (Å²) in [5, 5.41) is 10.4. The lowest BCUT2D eigenvalue weighted by molar-refractivity contribution is -0.158. The van der Waals surface area contributed by atoms with Crippen molar-refractivity contribution in [2.45, 2.75) is 78.2 Å². The van der Waals surface area contributed by atoms with Gasteiger partial charge in [-0.25, -0.2) is 0 Å². The highest BCUT2D eigenvalue weighted by atomic mass is 16.3. The number of carbonyl (C=O) groups excluding carboxylic acids is 1. The lowest BCUT2D eigenvalue weighted by Gasteiger charge is -2.56. The molecule has 18 heavy (non-hydrogen) atoms. The molecule has 0 radical (unpaired) electrons. The zero-order chi connectivity index (χ0) is 13.4. The molecule has 2 aliphatic carbocycles. The molecule has 2 aliphatic rings. The number of hydrogen-bond acceptors (Lipinski definition) is 2. The van der Waals surface area contributed by atoms with Gasteiger partial charge < -0.3 is 5.11 Å². The van der Waals surface area contributed by atoms with E-state index in [1.807, 2.05) is 0 Å². The minimum atomic E-state index is -0.203. The highest BCUT2D eigenvalue weighted by molar-refractivity contribution is 5.86. The van der Waals surface area contributed by atoms with Crippen molar-refractivity contribution < 1.29 is 9.90 Å². The van der Waals surface area contributed by atoms with E-state index >= 15 is 0 Å². The van der Waals surface area contributed by atoms with Gasteiger partial charge >= 0.3 is 0 Å². The van der Waals surface area contributed by atoms with Gasteiger partial charge in [0.05, 0.1) is 6.10 Å². The summed E-state index contributed by atoms with van der Waals surface area (Å²) in [6.45, 7) is 6.58. The Morgan fingerprint density at radius 2 is 2.06 bits per heavy atom. The fourth-order valence-corrected chi connectivity index (χ4v) is 4.51. The molecule has 2 fully saturated rings. The highest BCUT2D eigenvalue weighted by Gasteiger charge is 2.56. The average Bonchev–Trinajstić information content (AvgIpc) is 2.35. The van der Waals surface area contributed by atoms with E-state index in [2.05, 4.69) is 20.8 Å². The summed E-state index contributed by atoms with van der Waals surface area (Å²) in [6, 6.07) is 0. The smallest absolute Gasteiger partial charge is 0.139 e. The summed E-state index contributed by atoms with van der Waals surface area (Å²) in [7, 11) is 0. The molecule has 2 nitrogen and oxygen atoms in total. The van der Waals surface area contributed by atoms with Crippen LogP contribution in [0.1, 0.15) is 72.1 Å². The molecule has 2 unspecified atom stereocenters.